The predicted octanol–water partition coefficient (Wildman–Crippen LogP) is 2.28. The van der Waals surface area contributed by atoms with Crippen LogP contribution in [0.4, 0.5) is 0 Å². The lowest BCUT2D eigenvalue weighted by molar-refractivity contribution is -0.154. The molecule has 96 valence electrons. The van der Waals surface area contributed by atoms with E-state index in [4.69, 9.17) is 10.00 Å². The van der Waals surface area contributed by atoms with E-state index in [1.165, 1.54) is 6.42 Å². The normalized spacial score (nSPS) is 33.1. The summed E-state index contributed by atoms with van der Waals surface area (Å²) >= 11 is 0. The number of likely N-dealkylation sites (tertiary alicyclic amines) is 1. The van der Waals surface area contributed by atoms with Crippen LogP contribution >= 0.6 is 0 Å². The highest BCUT2D eigenvalue weighted by Gasteiger charge is 2.46. The Morgan fingerprint density at radius 3 is 2.65 bits per heavy atom. The third-order valence-electron chi connectivity index (χ3n) is 4.69. The number of piperidine rings is 1. The molecule has 0 spiro atoms. The highest BCUT2D eigenvalue weighted by molar-refractivity contribution is 5.04. The van der Waals surface area contributed by atoms with Crippen LogP contribution in [0, 0.1) is 29.1 Å². The number of nitrogens with zero attached hydrogens (tertiary/aromatic N) is 2. The van der Waals surface area contributed by atoms with Gasteiger partial charge in [-0.15, -0.1) is 0 Å². The van der Waals surface area contributed by atoms with Gasteiger partial charge in [0.1, 0.15) is 0 Å². The molecule has 0 bridgehead atoms. The maximum atomic E-state index is 8.99. The summed E-state index contributed by atoms with van der Waals surface area (Å²) in [5.41, 5.74) is 0.0437. The quantitative estimate of drug-likeness (QED) is 0.754. The summed E-state index contributed by atoms with van der Waals surface area (Å²) in [5.74, 6) is 2.30. The minimum Gasteiger partial charge on any atom is -0.377 e. The van der Waals surface area contributed by atoms with Gasteiger partial charge >= 0.3 is 0 Å². The Morgan fingerprint density at radius 2 is 2.18 bits per heavy atom. The SMILES string of the molecule is CC(C)[C@H]1CN(C2(CC#N)COC2)CC[C@H]1C. The van der Waals surface area contributed by atoms with Crippen molar-refractivity contribution in [3.63, 3.8) is 0 Å². The standard InChI is InChI=1S/C14H24N2O/c1-11(2)13-8-16(7-4-12(13)3)14(5-6-15)9-17-10-14/h11-13H,4-5,7-10H2,1-3H3/t12-,13-/m1/s1. The third kappa shape index (κ3) is 2.34. The summed E-state index contributed by atoms with van der Waals surface area (Å²) in [6, 6.07) is 2.34. The van der Waals surface area contributed by atoms with E-state index in [1.54, 1.807) is 0 Å². The molecule has 0 unspecified atom stereocenters. The summed E-state index contributed by atoms with van der Waals surface area (Å²) in [6.07, 6.45) is 1.88. The van der Waals surface area contributed by atoms with Gasteiger partial charge < -0.3 is 4.74 Å². The van der Waals surface area contributed by atoms with Crippen molar-refractivity contribution in [2.24, 2.45) is 17.8 Å². The van der Waals surface area contributed by atoms with Crippen LogP contribution in [-0.2, 0) is 4.74 Å². The number of rotatable bonds is 3. The first-order chi connectivity index (χ1) is 8.09. The summed E-state index contributed by atoms with van der Waals surface area (Å²) in [6.45, 7) is 10.8. The van der Waals surface area contributed by atoms with Crippen molar-refractivity contribution in [2.45, 2.75) is 39.2 Å². The molecule has 2 rings (SSSR count). The number of hydrogen-bond donors (Lipinski definition) is 0. The van der Waals surface area contributed by atoms with Crippen LogP contribution in [0.5, 0.6) is 0 Å². The highest BCUT2D eigenvalue weighted by Crippen LogP contribution is 2.36. The molecule has 0 aromatic rings. The Labute approximate surface area is 105 Å². The minimum atomic E-state index is 0.0437. The molecule has 3 heteroatoms. The van der Waals surface area contributed by atoms with E-state index in [2.05, 4.69) is 31.7 Å². The zero-order valence-electron chi connectivity index (χ0n) is 11.3. The monoisotopic (exact) mass is 236 g/mol. The Hall–Kier alpha value is -0.590. The second kappa shape index (κ2) is 4.96. The molecule has 2 heterocycles. The number of ether oxygens (including phenoxy) is 1. The Morgan fingerprint density at radius 1 is 1.47 bits per heavy atom. The van der Waals surface area contributed by atoms with E-state index >= 15 is 0 Å². The molecule has 17 heavy (non-hydrogen) atoms. The first kappa shape index (κ1) is 12.9. The molecule has 2 saturated heterocycles. The maximum absolute atomic E-state index is 8.99. The molecule has 3 nitrogen and oxygen atoms in total. The van der Waals surface area contributed by atoms with Gasteiger partial charge in [-0.05, 0) is 30.7 Å². The highest BCUT2D eigenvalue weighted by atomic mass is 16.5. The zero-order chi connectivity index (χ0) is 12.5. The third-order valence-corrected chi connectivity index (χ3v) is 4.69. The van der Waals surface area contributed by atoms with Gasteiger partial charge in [0.2, 0.25) is 0 Å². The first-order valence-electron chi connectivity index (χ1n) is 6.79. The van der Waals surface area contributed by atoms with E-state index < -0.39 is 0 Å². The van der Waals surface area contributed by atoms with Crippen molar-refractivity contribution < 1.29 is 4.74 Å². The molecule has 0 saturated carbocycles. The van der Waals surface area contributed by atoms with Gasteiger partial charge in [-0.3, -0.25) is 4.90 Å². The topological polar surface area (TPSA) is 36.3 Å². The van der Waals surface area contributed by atoms with Crippen molar-refractivity contribution in [1.82, 2.24) is 4.90 Å². The fraction of sp³-hybridized carbons (Fsp3) is 0.929. The lowest BCUT2D eigenvalue weighted by Gasteiger charge is -2.53. The summed E-state index contributed by atoms with van der Waals surface area (Å²) in [7, 11) is 0. The van der Waals surface area contributed by atoms with Gasteiger partial charge in [0.25, 0.3) is 0 Å². The molecule has 0 aromatic heterocycles. The molecule has 0 aromatic carbocycles. The van der Waals surface area contributed by atoms with Gasteiger partial charge in [0.05, 0.1) is 31.2 Å². The maximum Gasteiger partial charge on any atom is 0.0809 e. The lowest BCUT2D eigenvalue weighted by atomic mass is 9.77. The van der Waals surface area contributed by atoms with Crippen molar-refractivity contribution in [3.05, 3.63) is 0 Å². The molecule has 2 aliphatic heterocycles. The average molecular weight is 236 g/mol. The molecule has 2 aliphatic rings. The van der Waals surface area contributed by atoms with Gasteiger partial charge in [0.15, 0.2) is 0 Å². The molecular formula is C14H24N2O. The van der Waals surface area contributed by atoms with Crippen LogP contribution in [0.3, 0.4) is 0 Å². The van der Waals surface area contributed by atoms with E-state index in [0.29, 0.717) is 6.42 Å². The Kier molecular flexibility index (Phi) is 3.75. The van der Waals surface area contributed by atoms with Gasteiger partial charge in [-0.1, -0.05) is 20.8 Å². The van der Waals surface area contributed by atoms with E-state index in [9.17, 15) is 0 Å². The van der Waals surface area contributed by atoms with Crippen LogP contribution in [0.1, 0.15) is 33.6 Å². The predicted molar refractivity (Wildman–Crippen MR) is 67.5 cm³/mol. The van der Waals surface area contributed by atoms with Crippen LogP contribution in [-0.4, -0.2) is 36.7 Å². The van der Waals surface area contributed by atoms with Crippen molar-refractivity contribution in [2.75, 3.05) is 26.3 Å². The smallest absolute Gasteiger partial charge is 0.0809 e. The minimum absolute atomic E-state index is 0.0437. The zero-order valence-corrected chi connectivity index (χ0v) is 11.3. The van der Waals surface area contributed by atoms with Crippen LogP contribution in [0.2, 0.25) is 0 Å². The molecule has 0 aliphatic carbocycles. The van der Waals surface area contributed by atoms with Crippen molar-refractivity contribution >= 4 is 0 Å². The van der Waals surface area contributed by atoms with Gasteiger partial charge in [-0.2, -0.15) is 5.26 Å². The first-order valence-corrected chi connectivity index (χ1v) is 6.79. The number of hydrogen-bond acceptors (Lipinski definition) is 3. The van der Waals surface area contributed by atoms with E-state index in [0.717, 1.165) is 44.1 Å². The van der Waals surface area contributed by atoms with Gasteiger partial charge in [0, 0.05) is 6.54 Å². The average Bonchev–Trinajstić information content (AvgIpc) is 2.24. The molecule has 0 radical (unpaired) electrons. The summed E-state index contributed by atoms with van der Waals surface area (Å²) in [5, 5.41) is 8.99. The van der Waals surface area contributed by atoms with Crippen LogP contribution in [0.15, 0.2) is 0 Å². The molecular weight excluding hydrogens is 212 g/mol. The summed E-state index contributed by atoms with van der Waals surface area (Å²) in [4.78, 5) is 2.53. The fourth-order valence-electron chi connectivity index (χ4n) is 3.28. The lowest BCUT2D eigenvalue weighted by Crippen LogP contribution is -2.65. The Balaban J connectivity index is 2.05. The van der Waals surface area contributed by atoms with Crippen LogP contribution in [0.25, 0.3) is 0 Å². The van der Waals surface area contributed by atoms with E-state index in [1.807, 2.05) is 0 Å². The second-order valence-electron chi connectivity index (χ2n) is 6.17. The largest absolute Gasteiger partial charge is 0.377 e. The second-order valence-corrected chi connectivity index (χ2v) is 6.17. The fourth-order valence-corrected chi connectivity index (χ4v) is 3.28. The molecule has 2 fully saturated rings. The molecule has 2 atom stereocenters. The summed E-state index contributed by atoms with van der Waals surface area (Å²) < 4.78 is 5.37. The van der Waals surface area contributed by atoms with Crippen molar-refractivity contribution in [1.29, 1.82) is 5.26 Å². The van der Waals surface area contributed by atoms with Gasteiger partial charge in [-0.25, -0.2) is 0 Å². The van der Waals surface area contributed by atoms with Crippen LogP contribution < -0.4 is 0 Å². The Bertz CT molecular complexity index is 304. The number of nitriles is 1. The molecule has 0 amide bonds. The molecule has 0 N–H and O–H groups in total. The van der Waals surface area contributed by atoms with E-state index in [-0.39, 0.29) is 5.54 Å². The van der Waals surface area contributed by atoms with Crippen molar-refractivity contribution in [3.8, 4) is 6.07 Å².